The van der Waals surface area contributed by atoms with Gasteiger partial charge in [-0.3, -0.25) is 4.99 Å². The second-order valence-corrected chi connectivity index (χ2v) is 5.91. The first kappa shape index (κ1) is 22.1. The Labute approximate surface area is 170 Å². The van der Waals surface area contributed by atoms with Crippen LogP contribution in [0.15, 0.2) is 47.5 Å². The average molecular weight is 474 g/mol. The molecule has 2 N–H and O–H groups in total. The Kier molecular flexibility index (Phi) is 9.32. The molecule has 2 rings (SSSR count). The molecule has 142 valence electrons. The molecule has 0 bridgehead atoms. The van der Waals surface area contributed by atoms with Crippen molar-refractivity contribution in [3.63, 3.8) is 0 Å². The van der Waals surface area contributed by atoms with Crippen molar-refractivity contribution in [1.29, 1.82) is 0 Å². The van der Waals surface area contributed by atoms with E-state index in [-0.39, 0.29) is 35.6 Å². The van der Waals surface area contributed by atoms with Crippen molar-refractivity contribution in [3.05, 3.63) is 65.2 Å². The van der Waals surface area contributed by atoms with Crippen LogP contribution >= 0.6 is 24.0 Å². The van der Waals surface area contributed by atoms with Crippen molar-refractivity contribution in [2.24, 2.45) is 4.99 Å². The summed E-state index contributed by atoms with van der Waals surface area (Å²) >= 11 is 0. The molecule has 2 aromatic rings. The highest BCUT2D eigenvalue weighted by atomic mass is 127. The van der Waals surface area contributed by atoms with Gasteiger partial charge in [-0.2, -0.15) is 0 Å². The lowest BCUT2D eigenvalue weighted by atomic mass is 10.1. The van der Waals surface area contributed by atoms with Crippen molar-refractivity contribution in [2.45, 2.75) is 13.0 Å². The van der Waals surface area contributed by atoms with E-state index in [1.54, 1.807) is 30.1 Å². The molecule has 4 nitrogen and oxygen atoms in total. The summed E-state index contributed by atoms with van der Waals surface area (Å²) < 4.78 is 26.9. The zero-order valence-corrected chi connectivity index (χ0v) is 17.6. The second-order valence-electron chi connectivity index (χ2n) is 5.91. The number of hydrogen-bond donors (Lipinski definition) is 2. The highest BCUT2D eigenvalue weighted by molar-refractivity contribution is 14.0. The molecule has 0 fully saturated rings. The lowest BCUT2D eigenvalue weighted by Crippen LogP contribution is -2.37. The van der Waals surface area contributed by atoms with Gasteiger partial charge in [-0.15, -0.1) is 24.0 Å². The van der Waals surface area contributed by atoms with Gasteiger partial charge in [-0.05, 0) is 41.8 Å². The molecule has 0 amide bonds. The third-order valence-corrected chi connectivity index (χ3v) is 3.80. The minimum absolute atomic E-state index is 0. The average Bonchev–Trinajstić information content (AvgIpc) is 2.59. The van der Waals surface area contributed by atoms with E-state index in [0.717, 1.165) is 17.5 Å². The highest BCUT2D eigenvalue weighted by Crippen LogP contribution is 2.18. The fourth-order valence-electron chi connectivity index (χ4n) is 2.41. The van der Waals surface area contributed by atoms with Crippen LogP contribution in [0.25, 0.3) is 0 Å². The maximum absolute atomic E-state index is 14.0. The quantitative estimate of drug-likeness (QED) is 0.382. The van der Waals surface area contributed by atoms with Crippen molar-refractivity contribution in [3.8, 4) is 0 Å². The summed E-state index contributed by atoms with van der Waals surface area (Å²) in [4.78, 5) is 5.89. The van der Waals surface area contributed by atoms with Gasteiger partial charge >= 0.3 is 0 Å². The fourth-order valence-corrected chi connectivity index (χ4v) is 2.41. The Bertz CT molecular complexity index is 718. The third-order valence-electron chi connectivity index (χ3n) is 3.80. The van der Waals surface area contributed by atoms with E-state index in [1.165, 1.54) is 18.2 Å². The monoisotopic (exact) mass is 474 g/mol. The molecule has 0 aliphatic carbocycles. The topological polar surface area (TPSA) is 39.7 Å². The van der Waals surface area contributed by atoms with Crippen LogP contribution < -0.4 is 15.5 Å². The van der Waals surface area contributed by atoms with E-state index in [2.05, 4.69) is 15.6 Å². The normalized spacial score (nSPS) is 10.9. The largest absolute Gasteiger partial charge is 0.375 e. The SMILES string of the molecule is CN=C(NCCc1ccc(F)cc1)NCc1ccc(N(C)C)c(F)c1.I. The van der Waals surface area contributed by atoms with Gasteiger partial charge in [0, 0.05) is 34.2 Å². The van der Waals surface area contributed by atoms with Gasteiger partial charge in [-0.25, -0.2) is 8.78 Å². The number of benzene rings is 2. The molecule has 0 spiro atoms. The fraction of sp³-hybridized carbons (Fsp3) is 0.316. The molecule has 0 aliphatic heterocycles. The number of anilines is 1. The predicted molar refractivity (Wildman–Crippen MR) is 114 cm³/mol. The molecule has 0 heterocycles. The first-order valence-electron chi connectivity index (χ1n) is 8.14. The molecule has 0 radical (unpaired) electrons. The van der Waals surface area contributed by atoms with Crippen LogP contribution in [0.5, 0.6) is 0 Å². The van der Waals surface area contributed by atoms with Crippen LogP contribution in [0.2, 0.25) is 0 Å². The van der Waals surface area contributed by atoms with Crippen molar-refractivity contribution >= 4 is 35.6 Å². The summed E-state index contributed by atoms with van der Waals surface area (Å²) in [5, 5.41) is 6.35. The zero-order chi connectivity index (χ0) is 18.2. The van der Waals surface area contributed by atoms with E-state index in [9.17, 15) is 8.78 Å². The second kappa shape index (κ2) is 10.9. The first-order valence-corrected chi connectivity index (χ1v) is 8.14. The predicted octanol–water partition coefficient (Wildman–Crippen LogP) is 3.56. The number of rotatable bonds is 6. The van der Waals surface area contributed by atoms with Gasteiger partial charge in [0.15, 0.2) is 5.96 Å². The molecule has 26 heavy (non-hydrogen) atoms. The molecule has 0 atom stereocenters. The minimum atomic E-state index is -0.247. The summed E-state index contributed by atoms with van der Waals surface area (Å²) in [5.74, 6) is 0.157. The molecule has 0 aromatic heterocycles. The lowest BCUT2D eigenvalue weighted by molar-refractivity contribution is 0.623. The van der Waals surface area contributed by atoms with Crippen LogP contribution in [0.1, 0.15) is 11.1 Å². The Balaban J connectivity index is 0.00000338. The summed E-state index contributed by atoms with van der Waals surface area (Å²) in [7, 11) is 5.30. The van der Waals surface area contributed by atoms with Crippen LogP contribution in [-0.4, -0.2) is 33.6 Å². The Hall–Kier alpha value is -1.90. The molecule has 0 saturated carbocycles. The van der Waals surface area contributed by atoms with Gasteiger partial charge in [0.05, 0.1) is 5.69 Å². The molecule has 7 heteroatoms. The smallest absolute Gasteiger partial charge is 0.191 e. The minimum Gasteiger partial charge on any atom is -0.375 e. The van der Waals surface area contributed by atoms with Crippen molar-refractivity contribution in [1.82, 2.24) is 10.6 Å². The third kappa shape index (κ3) is 6.78. The van der Waals surface area contributed by atoms with E-state index >= 15 is 0 Å². The van der Waals surface area contributed by atoms with E-state index in [1.807, 2.05) is 20.2 Å². The first-order chi connectivity index (χ1) is 12.0. The van der Waals surface area contributed by atoms with Crippen LogP contribution in [0.3, 0.4) is 0 Å². The summed E-state index contributed by atoms with van der Waals surface area (Å²) in [6, 6.07) is 11.6. The molecule has 0 saturated heterocycles. The Morgan fingerprint density at radius 3 is 2.23 bits per heavy atom. The Morgan fingerprint density at radius 1 is 1.00 bits per heavy atom. The molecular weight excluding hydrogens is 449 g/mol. The van der Waals surface area contributed by atoms with Gasteiger partial charge in [0.2, 0.25) is 0 Å². The lowest BCUT2D eigenvalue weighted by Gasteiger charge is -2.15. The molecule has 2 aromatic carbocycles. The Morgan fingerprint density at radius 2 is 1.65 bits per heavy atom. The highest BCUT2D eigenvalue weighted by Gasteiger charge is 2.06. The van der Waals surface area contributed by atoms with Gasteiger partial charge in [0.25, 0.3) is 0 Å². The summed E-state index contributed by atoms with van der Waals surface area (Å²) in [5.41, 5.74) is 2.45. The van der Waals surface area contributed by atoms with E-state index < -0.39 is 0 Å². The van der Waals surface area contributed by atoms with Crippen molar-refractivity contribution in [2.75, 3.05) is 32.6 Å². The number of hydrogen-bond acceptors (Lipinski definition) is 2. The standard InChI is InChI=1S/C19H24F2N4.HI/c1-22-19(23-11-10-14-4-7-16(20)8-5-14)24-13-15-6-9-18(25(2)3)17(21)12-15;/h4-9,12H,10-11,13H2,1-3H3,(H2,22,23,24);1H. The van der Waals surface area contributed by atoms with E-state index in [4.69, 9.17) is 0 Å². The van der Waals surface area contributed by atoms with Crippen molar-refractivity contribution < 1.29 is 8.78 Å². The summed E-state index contributed by atoms with van der Waals surface area (Å²) in [6.45, 7) is 1.14. The van der Waals surface area contributed by atoms with Crippen LogP contribution in [-0.2, 0) is 13.0 Å². The summed E-state index contributed by atoms with van der Waals surface area (Å²) in [6.07, 6.45) is 0.757. The number of halogens is 3. The van der Waals surface area contributed by atoms with Crippen LogP contribution in [0.4, 0.5) is 14.5 Å². The van der Waals surface area contributed by atoms with Gasteiger partial charge in [0.1, 0.15) is 11.6 Å². The van der Waals surface area contributed by atoms with Gasteiger partial charge in [-0.1, -0.05) is 18.2 Å². The number of nitrogens with zero attached hydrogens (tertiary/aromatic N) is 2. The molecule has 0 unspecified atom stereocenters. The molecular formula is C19H25F2IN4. The number of aliphatic imine (C=N–C) groups is 1. The maximum atomic E-state index is 14.0. The zero-order valence-electron chi connectivity index (χ0n) is 15.2. The number of nitrogens with one attached hydrogen (secondary N) is 2. The maximum Gasteiger partial charge on any atom is 0.191 e. The molecule has 0 aliphatic rings. The van der Waals surface area contributed by atoms with E-state index in [0.29, 0.717) is 24.7 Å². The van der Waals surface area contributed by atoms with Gasteiger partial charge < -0.3 is 15.5 Å². The number of guanidine groups is 1. The van der Waals surface area contributed by atoms with Crippen LogP contribution in [0, 0.1) is 11.6 Å².